The van der Waals surface area contributed by atoms with Crippen molar-refractivity contribution in [3.63, 3.8) is 0 Å². The lowest BCUT2D eigenvalue weighted by molar-refractivity contribution is 0.104. The average molecular weight is 509 g/mol. The van der Waals surface area contributed by atoms with E-state index in [-0.39, 0.29) is 31.1 Å². The first-order valence-corrected chi connectivity index (χ1v) is 12.9. The van der Waals surface area contributed by atoms with Gasteiger partial charge in [0.2, 0.25) is 15.6 Å². The molecule has 0 unspecified atom stereocenters. The van der Waals surface area contributed by atoms with Crippen molar-refractivity contribution in [2.75, 3.05) is 25.3 Å². The number of anilines is 3. The monoisotopic (exact) mass is 508 g/mol. The molecule has 9 heteroatoms. The summed E-state index contributed by atoms with van der Waals surface area (Å²) in [5.74, 6) is 0.764. The zero-order valence-corrected chi connectivity index (χ0v) is 21.0. The van der Waals surface area contributed by atoms with E-state index in [1.54, 1.807) is 55.6 Å². The molecule has 1 aromatic heterocycles. The quantitative estimate of drug-likeness (QED) is 0.304. The standard InChI is InChI=1S/C26H24N2O5S2/c1-16-7-9-17(10-8-16)23(29)24-22(27)25(35(30,31)21-13-11-19(32-2)12-14-21)26(34-24)28-18-5-4-6-20(15-18)33-3/h4-15,28H,27H2,1-3H3. The van der Waals surface area contributed by atoms with Crippen LogP contribution in [0.15, 0.2) is 82.6 Å². The van der Waals surface area contributed by atoms with Crippen LogP contribution in [0.3, 0.4) is 0 Å². The molecule has 0 amide bonds. The van der Waals surface area contributed by atoms with Gasteiger partial charge in [0.25, 0.3) is 0 Å². The number of benzene rings is 3. The summed E-state index contributed by atoms with van der Waals surface area (Å²) < 4.78 is 37.8. The van der Waals surface area contributed by atoms with Crippen LogP contribution >= 0.6 is 11.3 Å². The molecule has 35 heavy (non-hydrogen) atoms. The highest BCUT2D eigenvalue weighted by molar-refractivity contribution is 7.92. The second-order valence-corrected chi connectivity index (χ2v) is 10.6. The number of ether oxygens (including phenoxy) is 2. The normalized spacial score (nSPS) is 11.2. The molecule has 0 aliphatic rings. The first-order valence-electron chi connectivity index (χ1n) is 10.6. The average Bonchev–Trinajstić information content (AvgIpc) is 3.20. The van der Waals surface area contributed by atoms with Gasteiger partial charge in [0.05, 0.1) is 24.8 Å². The van der Waals surface area contributed by atoms with Crippen molar-refractivity contribution in [2.24, 2.45) is 0 Å². The summed E-state index contributed by atoms with van der Waals surface area (Å²) in [6.07, 6.45) is 0. The van der Waals surface area contributed by atoms with Crippen molar-refractivity contribution in [2.45, 2.75) is 16.7 Å². The zero-order chi connectivity index (χ0) is 25.2. The molecule has 0 atom stereocenters. The first kappa shape index (κ1) is 24.3. The lowest BCUT2D eigenvalue weighted by Crippen LogP contribution is -2.08. The topological polar surface area (TPSA) is 108 Å². The molecular formula is C26H24N2O5S2. The highest BCUT2D eigenvalue weighted by Gasteiger charge is 2.31. The smallest absolute Gasteiger partial charge is 0.211 e. The van der Waals surface area contributed by atoms with Crippen LogP contribution < -0.4 is 20.5 Å². The van der Waals surface area contributed by atoms with Crippen molar-refractivity contribution in [1.82, 2.24) is 0 Å². The van der Waals surface area contributed by atoms with Crippen LogP contribution in [0.1, 0.15) is 20.8 Å². The van der Waals surface area contributed by atoms with Gasteiger partial charge in [-0.2, -0.15) is 0 Å². The minimum Gasteiger partial charge on any atom is -0.497 e. The zero-order valence-electron chi connectivity index (χ0n) is 19.4. The van der Waals surface area contributed by atoms with E-state index < -0.39 is 9.84 Å². The fourth-order valence-electron chi connectivity index (χ4n) is 3.49. The van der Waals surface area contributed by atoms with Crippen molar-refractivity contribution >= 4 is 43.3 Å². The van der Waals surface area contributed by atoms with Crippen LogP contribution in [0.4, 0.5) is 16.4 Å². The SMILES string of the molecule is COc1ccc(S(=O)(=O)c2c(Nc3cccc(OC)c3)sc(C(=O)c3ccc(C)cc3)c2N)cc1. The number of thiophene rings is 1. The highest BCUT2D eigenvalue weighted by Crippen LogP contribution is 2.44. The lowest BCUT2D eigenvalue weighted by Gasteiger charge is -2.11. The Balaban J connectivity index is 1.86. The van der Waals surface area contributed by atoms with Crippen molar-refractivity contribution in [3.05, 3.63) is 88.8 Å². The lowest BCUT2D eigenvalue weighted by atomic mass is 10.1. The molecule has 3 N–H and O–H groups in total. The van der Waals surface area contributed by atoms with Gasteiger partial charge in [-0.25, -0.2) is 8.42 Å². The van der Waals surface area contributed by atoms with Gasteiger partial charge in [-0.05, 0) is 43.3 Å². The Morgan fingerprint density at radius 3 is 2.20 bits per heavy atom. The number of sulfone groups is 1. The van der Waals surface area contributed by atoms with Gasteiger partial charge in [0.15, 0.2) is 0 Å². The molecule has 0 spiro atoms. The molecule has 0 bridgehead atoms. The Hall–Kier alpha value is -3.82. The molecule has 0 aliphatic carbocycles. The molecule has 0 aliphatic heterocycles. The number of hydrogen-bond acceptors (Lipinski definition) is 8. The first-order chi connectivity index (χ1) is 16.7. The van der Waals surface area contributed by atoms with E-state index in [1.807, 2.05) is 19.1 Å². The number of hydrogen-bond donors (Lipinski definition) is 2. The van der Waals surface area contributed by atoms with Crippen LogP contribution in [0, 0.1) is 6.92 Å². The minimum absolute atomic E-state index is 0.0332. The summed E-state index contributed by atoms with van der Waals surface area (Å²) in [6, 6.07) is 20.1. The van der Waals surface area contributed by atoms with E-state index >= 15 is 0 Å². The number of nitrogens with one attached hydrogen (secondary N) is 1. The summed E-state index contributed by atoms with van der Waals surface area (Å²) in [5, 5.41) is 3.36. The van der Waals surface area contributed by atoms with E-state index in [1.165, 1.54) is 19.2 Å². The van der Waals surface area contributed by atoms with Crippen LogP contribution in [0.2, 0.25) is 0 Å². The van der Waals surface area contributed by atoms with Crippen LogP contribution in [-0.4, -0.2) is 28.4 Å². The van der Waals surface area contributed by atoms with Gasteiger partial charge in [-0.1, -0.05) is 35.9 Å². The van der Waals surface area contributed by atoms with Crippen molar-refractivity contribution in [1.29, 1.82) is 0 Å². The minimum atomic E-state index is -4.08. The van der Waals surface area contributed by atoms with E-state index in [4.69, 9.17) is 15.2 Å². The molecule has 3 aromatic carbocycles. The second kappa shape index (κ2) is 9.81. The van der Waals surface area contributed by atoms with Gasteiger partial charge in [-0.3, -0.25) is 4.79 Å². The summed E-state index contributed by atoms with van der Waals surface area (Å²) >= 11 is 1.00. The summed E-state index contributed by atoms with van der Waals surface area (Å²) in [5.41, 5.74) is 8.30. The summed E-state index contributed by atoms with van der Waals surface area (Å²) in [7, 11) is -1.04. The predicted molar refractivity (Wildman–Crippen MR) is 138 cm³/mol. The van der Waals surface area contributed by atoms with E-state index in [9.17, 15) is 13.2 Å². The summed E-state index contributed by atoms with van der Waals surface area (Å²) in [4.78, 5) is 13.3. The maximum atomic E-state index is 13.7. The maximum absolute atomic E-state index is 13.7. The fourth-order valence-corrected chi connectivity index (χ4v) is 6.42. The van der Waals surface area contributed by atoms with Gasteiger partial charge < -0.3 is 20.5 Å². The number of nitrogen functional groups attached to an aromatic ring is 1. The molecule has 7 nitrogen and oxygen atoms in total. The molecule has 4 aromatic rings. The van der Waals surface area contributed by atoms with Gasteiger partial charge >= 0.3 is 0 Å². The third-order valence-corrected chi connectivity index (χ3v) is 8.49. The molecule has 0 fully saturated rings. The molecular weight excluding hydrogens is 484 g/mol. The number of carbonyl (C=O) groups excluding carboxylic acids is 1. The van der Waals surface area contributed by atoms with Gasteiger partial charge in [0, 0.05) is 17.3 Å². The molecule has 4 rings (SSSR count). The van der Waals surface area contributed by atoms with Gasteiger partial charge in [0.1, 0.15) is 26.3 Å². The Labute approximate surface area is 208 Å². The van der Waals surface area contributed by atoms with Crippen LogP contribution in [0.5, 0.6) is 11.5 Å². The van der Waals surface area contributed by atoms with E-state index in [0.717, 1.165) is 16.9 Å². The Morgan fingerprint density at radius 1 is 0.914 bits per heavy atom. The highest BCUT2D eigenvalue weighted by atomic mass is 32.2. The summed E-state index contributed by atoms with van der Waals surface area (Å²) in [6.45, 7) is 1.92. The van der Waals surface area contributed by atoms with Crippen LogP contribution in [0.25, 0.3) is 0 Å². The molecule has 180 valence electrons. The number of nitrogens with two attached hydrogens (primary N) is 1. The van der Waals surface area contributed by atoms with E-state index in [0.29, 0.717) is 22.7 Å². The van der Waals surface area contributed by atoms with Gasteiger partial charge in [-0.15, -0.1) is 11.3 Å². The molecule has 0 saturated carbocycles. The van der Waals surface area contributed by atoms with Crippen molar-refractivity contribution < 1.29 is 22.7 Å². The third kappa shape index (κ3) is 4.87. The number of ketones is 1. The molecule has 1 heterocycles. The Kier molecular flexibility index (Phi) is 6.81. The predicted octanol–water partition coefficient (Wildman–Crippen LogP) is 5.46. The largest absolute Gasteiger partial charge is 0.497 e. The number of methoxy groups -OCH3 is 2. The number of rotatable bonds is 8. The van der Waals surface area contributed by atoms with E-state index in [2.05, 4.69) is 5.32 Å². The molecule has 0 radical (unpaired) electrons. The van der Waals surface area contributed by atoms with Crippen LogP contribution in [-0.2, 0) is 9.84 Å². The van der Waals surface area contributed by atoms with Crippen molar-refractivity contribution in [3.8, 4) is 11.5 Å². The maximum Gasteiger partial charge on any atom is 0.211 e. The number of carbonyl (C=O) groups is 1. The molecule has 0 saturated heterocycles. The Bertz CT molecular complexity index is 1480. The fraction of sp³-hybridized carbons (Fsp3) is 0.115. The Morgan fingerprint density at radius 2 is 1.57 bits per heavy atom. The third-order valence-electron chi connectivity index (χ3n) is 5.39. The second-order valence-electron chi connectivity index (χ2n) is 7.73. The number of aryl methyl sites for hydroxylation is 1.